The number of aryl methyl sites for hydroxylation is 1. The zero-order valence-corrected chi connectivity index (χ0v) is 7.88. The highest BCUT2D eigenvalue weighted by Gasteiger charge is 2.12. The lowest BCUT2D eigenvalue weighted by atomic mass is 10.3. The predicted octanol–water partition coefficient (Wildman–Crippen LogP) is 0.611. The van der Waals surface area contributed by atoms with Gasteiger partial charge >= 0.3 is 0 Å². The Hall–Kier alpha value is -1.56. The second-order valence-electron chi connectivity index (χ2n) is 2.68. The Morgan fingerprint density at radius 2 is 2.23 bits per heavy atom. The number of hydrogen-bond donors (Lipinski definition) is 2. The molecule has 13 heavy (non-hydrogen) atoms. The van der Waals surface area contributed by atoms with Gasteiger partial charge in [-0.1, -0.05) is 0 Å². The van der Waals surface area contributed by atoms with Crippen molar-refractivity contribution in [3.63, 3.8) is 0 Å². The minimum Gasteiger partial charge on any atom is -0.366 e. The monoisotopic (exact) mass is 195 g/mol. The summed E-state index contributed by atoms with van der Waals surface area (Å²) in [4.78, 5) is 1.01. The fraction of sp³-hybridized carbons (Fsp3) is 0.143. The van der Waals surface area contributed by atoms with Crippen LogP contribution in [0.3, 0.4) is 0 Å². The summed E-state index contributed by atoms with van der Waals surface area (Å²) in [6.07, 6.45) is 0. The molecule has 0 atom stereocenters. The van der Waals surface area contributed by atoms with Gasteiger partial charge in [0, 0.05) is 0 Å². The van der Waals surface area contributed by atoms with E-state index in [0.717, 1.165) is 10.4 Å². The van der Waals surface area contributed by atoms with Crippen molar-refractivity contribution in [2.24, 2.45) is 0 Å². The lowest BCUT2D eigenvalue weighted by Crippen LogP contribution is -2.13. The largest absolute Gasteiger partial charge is 0.366 e. The molecule has 0 bridgehead atoms. The summed E-state index contributed by atoms with van der Waals surface area (Å²) in [5.74, 6) is 6.48. The van der Waals surface area contributed by atoms with Crippen molar-refractivity contribution in [3.05, 3.63) is 17.0 Å². The fourth-order valence-corrected chi connectivity index (χ4v) is 1.97. The number of hydrogen-bond acceptors (Lipinski definition) is 5. The van der Waals surface area contributed by atoms with E-state index in [2.05, 4.69) is 10.2 Å². The molecule has 68 valence electrons. The van der Waals surface area contributed by atoms with E-state index >= 15 is 0 Å². The summed E-state index contributed by atoms with van der Waals surface area (Å²) in [7, 11) is 0. The molecule has 0 fully saturated rings. The molecule has 2 rings (SSSR count). The first-order valence-corrected chi connectivity index (χ1v) is 4.58. The molecular weight excluding hydrogens is 186 g/mol. The average molecular weight is 195 g/mol. The second kappa shape index (κ2) is 2.74. The summed E-state index contributed by atoms with van der Waals surface area (Å²) >= 11 is 1.57. The van der Waals surface area contributed by atoms with Crippen LogP contribution in [-0.4, -0.2) is 14.9 Å². The van der Waals surface area contributed by atoms with Gasteiger partial charge in [0.15, 0.2) is 5.82 Å². The molecular formula is C7H9N5S. The lowest BCUT2D eigenvalue weighted by Gasteiger charge is -1.98. The fourth-order valence-electron chi connectivity index (χ4n) is 1.06. The quantitative estimate of drug-likeness (QED) is 0.653. The maximum atomic E-state index is 5.64. The smallest absolute Gasteiger partial charge is 0.241 e. The van der Waals surface area contributed by atoms with Crippen LogP contribution in [0, 0.1) is 6.92 Å². The number of nitrogen functional groups attached to an aromatic ring is 2. The van der Waals surface area contributed by atoms with Crippen molar-refractivity contribution in [2.75, 3.05) is 11.6 Å². The van der Waals surface area contributed by atoms with Crippen LogP contribution in [-0.2, 0) is 0 Å². The van der Waals surface area contributed by atoms with E-state index < -0.39 is 0 Å². The molecule has 0 aromatic carbocycles. The molecule has 6 heteroatoms. The zero-order valence-electron chi connectivity index (χ0n) is 7.06. The van der Waals surface area contributed by atoms with E-state index in [4.69, 9.17) is 11.6 Å². The van der Waals surface area contributed by atoms with Crippen molar-refractivity contribution in [1.82, 2.24) is 14.9 Å². The van der Waals surface area contributed by atoms with Gasteiger partial charge in [-0.25, -0.2) is 4.68 Å². The Bertz CT molecular complexity index is 430. The molecule has 0 amide bonds. The standard InChI is InChI=1S/C7H9N5S/c1-4-2-3-13-5(4)6-10-11-7(8)12(6)9/h2-3H,9H2,1H3,(H2,8,11). The first kappa shape index (κ1) is 8.06. The lowest BCUT2D eigenvalue weighted by molar-refractivity contribution is 1.02. The van der Waals surface area contributed by atoms with E-state index in [1.807, 2.05) is 18.4 Å². The van der Waals surface area contributed by atoms with Crippen molar-refractivity contribution in [1.29, 1.82) is 0 Å². The third kappa shape index (κ3) is 1.15. The summed E-state index contributed by atoms with van der Waals surface area (Å²) in [5, 5.41) is 9.56. The summed E-state index contributed by atoms with van der Waals surface area (Å²) < 4.78 is 1.29. The van der Waals surface area contributed by atoms with Crippen LogP contribution in [0.25, 0.3) is 10.7 Å². The molecule has 0 saturated heterocycles. The van der Waals surface area contributed by atoms with E-state index in [0.29, 0.717) is 5.82 Å². The normalized spacial score (nSPS) is 10.5. The minimum atomic E-state index is 0.225. The van der Waals surface area contributed by atoms with Crippen molar-refractivity contribution in [3.8, 4) is 10.7 Å². The molecule has 4 N–H and O–H groups in total. The first-order valence-electron chi connectivity index (χ1n) is 3.70. The van der Waals surface area contributed by atoms with Gasteiger partial charge in [0.05, 0.1) is 4.88 Å². The maximum absolute atomic E-state index is 5.64. The van der Waals surface area contributed by atoms with E-state index in [1.165, 1.54) is 4.68 Å². The second-order valence-corrected chi connectivity index (χ2v) is 3.60. The Morgan fingerprint density at radius 3 is 2.69 bits per heavy atom. The van der Waals surface area contributed by atoms with Crippen LogP contribution in [0.5, 0.6) is 0 Å². The van der Waals surface area contributed by atoms with Gasteiger partial charge in [0.2, 0.25) is 5.95 Å². The highest BCUT2D eigenvalue weighted by atomic mass is 32.1. The summed E-state index contributed by atoms with van der Waals surface area (Å²) in [5.41, 5.74) is 6.59. The first-order chi connectivity index (χ1) is 6.20. The van der Waals surface area contributed by atoms with Gasteiger partial charge in [-0.05, 0) is 23.9 Å². The number of nitrogens with two attached hydrogens (primary N) is 2. The van der Waals surface area contributed by atoms with E-state index in [-0.39, 0.29) is 5.95 Å². The Labute approximate surface area is 79.0 Å². The number of nitrogens with zero attached hydrogens (tertiary/aromatic N) is 3. The topological polar surface area (TPSA) is 82.8 Å². The minimum absolute atomic E-state index is 0.225. The van der Waals surface area contributed by atoms with Gasteiger partial charge < -0.3 is 11.6 Å². The summed E-state index contributed by atoms with van der Waals surface area (Å²) in [6.45, 7) is 2.00. The highest BCUT2D eigenvalue weighted by Crippen LogP contribution is 2.26. The molecule has 5 nitrogen and oxygen atoms in total. The molecule has 2 aromatic heterocycles. The number of anilines is 1. The Morgan fingerprint density at radius 1 is 1.46 bits per heavy atom. The van der Waals surface area contributed by atoms with E-state index in [1.54, 1.807) is 11.3 Å². The molecule has 2 aromatic rings. The van der Waals surface area contributed by atoms with Crippen molar-refractivity contribution in [2.45, 2.75) is 6.92 Å². The Kier molecular flexibility index (Phi) is 1.70. The van der Waals surface area contributed by atoms with Gasteiger partial charge in [-0.15, -0.1) is 21.5 Å². The van der Waals surface area contributed by atoms with Gasteiger partial charge in [-0.2, -0.15) is 0 Å². The van der Waals surface area contributed by atoms with Crippen molar-refractivity contribution >= 4 is 17.3 Å². The van der Waals surface area contributed by atoms with Crippen LogP contribution < -0.4 is 11.6 Å². The predicted molar refractivity (Wildman–Crippen MR) is 52.6 cm³/mol. The van der Waals surface area contributed by atoms with Crippen LogP contribution >= 0.6 is 11.3 Å². The molecule has 0 radical (unpaired) electrons. The zero-order chi connectivity index (χ0) is 9.42. The SMILES string of the molecule is Cc1ccsc1-c1nnc(N)n1N. The van der Waals surface area contributed by atoms with Crippen LogP contribution in [0.1, 0.15) is 5.56 Å². The van der Waals surface area contributed by atoms with E-state index in [9.17, 15) is 0 Å². The molecule has 0 unspecified atom stereocenters. The number of aromatic nitrogens is 3. The third-order valence-corrected chi connectivity index (χ3v) is 2.80. The highest BCUT2D eigenvalue weighted by molar-refractivity contribution is 7.13. The summed E-state index contributed by atoms with van der Waals surface area (Å²) in [6, 6.07) is 2.00. The third-order valence-electron chi connectivity index (χ3n) is 1.79. The van der Waals surface area contributed by atoms with Gasteiger partial charge in [-0.3, -0.25) is 0 Å². The Balaban J connectivity index is 2.59. The van der Waals surface area contributed by atoms with Crippen LogP contribution in [0.4, 0.5) is 5.95 Å². The van der Waals surface area contributed by atoms with Crippen LogP contribution in [0.2, 0.25) is 0 Å². The van der Waals surface area contributed by atoms with Gasteiger partial charge in [0.25, 0.3) is 0 Å². The molecule has 2 heterocycles. The number of rotatable bonds is 1. The number of thiophene rings is 1. The molecule has 0 aliphatic carbocycles. The van der Waals surface area contributed by atoms with Crippen LogP contribution in [0.15, 0.2) is 11.4 Å². The molecule has 0 aliphatic rings. The van der Waals surface area contributed by atoms with Gasteiger partial charge in [0.1, 0.15) is 0 Å². The molecule has 0 spiro atoms. The molecule has 0 aliphatic heterocycles. The average Bonchev–Trinajstić information content (AvgIpc) is 2.62. The molecule has 0 saturated carbocycles. The van der Waals surface area contributed by atoms with Crippen molar-refractivity contribution < 1.29 is 0 Å². The maximum Gasteiger partial charge on any atom is 0.241 e.